The van der Waals surface area contributed by atoms with Gasteiger partial charge in [0.2, 0.25) is 0 Å². The fraction of sp³-hybridized carbons (Fsp3) is 0.167. The minimum Gasteiger partial charge on any atom is -0.366 e. The summed E-state index contributed by atoms with van der Waals surface area (Å²) in [5, 5.41) is 6.57. The number of rotatable bonds is 6. The van der Waals surface area contributed by atoms with Gasteiger partial charge in [0.05, 0.1) is 12.2 Å². The average Bonchev–Trinajstić information content (AvgIpc) is 2.61. The highest BCUT2D eigenvalue weighted by Gasteiger charge is 2.00. The molecule has 0 bridgehead atoms. The van der Waals surface area contributed by atoms with Gasteiger partial charge in [0.1, 0.15) is 18.0 Å². The molecule has 5 nitrogen and oxygen atoms in total. The summed E-state index contributed by atoms with van der Waals surface area (Å²) in [6.07, 6.45) is 3.34. The van der Waals surface area contributed by atoms with E-state index in [1.807, 2.05) is 24.3 Å². The zero-order valence-electron chi connectivity index (χ0n) is 13.0. The molecular formula is C18H19N5. The quantitative estimate of drug-likeness (QED) is 0.731. The van der Waals surface area contributed by atoms with Crippen LogP contribution in [0.1, 0.15) is 16.8 Å². The van der Waals surface area contributed by atoms with E-state index in [4.69, 9.17) is 0 Å². The van der Waals surface area contributed by atoms with Gasteiger partial charge in [-0.1, -0.05) is 35.9 Å². The molecule has 0 radical (unpaired) electrons. The second-order valence-electron chi connectivity index (χ2n) is 5.30. The number of aryl methyl sites for hydroxylation is 1. The summed E-state index contributed by atoms with van der Waals surface area (Å²) in [4.78, 5) is 12.8. The Bertz CT molecular complexity index is 741. The number of aromatic nitrogens is 3. The van der Waals surface area contributed by atoms with Crippen molar-refractivity contribution in [1.82, 2.24) is 15.0 Å². The molecule has 0 spiro atoms. The van der Waals surface area contributed by atoms with E-state index in [1.165, 1.54) is 11.1 Å². The molecule has 3 rings (SSSR count). The second-order valence-corrected chi connectivity index (χ2v) is 5.30. The number of anilines is 2. The molecule has 0 unspecified atom stereocenters. The van der Waals surface area contributed by atoms with Crippen LogP contribution in [0.5, 0.6) is 0 Å². The van der Waals surface area contributed by atoms with Gasteiger partial charge in [0.25, 0.3) is 0 Å². The van der Waals surface area contributed by atoms with Gasteiger partial charge in [0, 0.05) is 18.8 Å². The van der Waals surface area contributed by atoms with Crippen molar-refractivity contribution in [3.05, 3.63) is 77.9 Å². The molecule has 0 aliphatic heterocycles. The molecule has 0 atom stereocenters. The first-order valence-electron chi connectivity index (χ1n) is 7.55. The van der Waals surface area contributed by atoms with Crippen LogP contribution in [0.25, 0.3) is 0 Å². The summed E-state index contributed by atoms with van der Waals surface area (Å²) in [5.41, 5.74) is 3.45. The third-order valence-electron chi connectivity index (χ3n) is 3.44. The molecule has 0 saturated heterocycles. The van der Waals surface area contributed by atoms with Crippen molar-refractivity contribution in [2.45, 2.75) is 20.0 Å². The lowest BCUT2D eigenvalue weighted by Crippen LogP contribution is -2.06. The summed E-state index contributed by atoms with van der Waals surface area (Å²) in [7, 11) is 0. The Morgan fingerprint density at radius 3 is 2.26 bits per heavy atom. The van der Waals surface area contributed by atoms with Gasteiger partial charge in [-0.15, -0.1) is 0 Å². The third kappa shape index (κ3) is 4.51. The molecule has 1 aromatic carbocycles. The normalized spacial score (nSPS) is 10.3. The predicted molar refractivity (Wildman–Crippen MR) is 92.1 cm³/mol. The van der Waals surface area contributed by atoms with E-state index in [9.17, 15) is 0 Å². The van der Waals surface area contributed by atoms with Crippen LogP contribution in [0.2, 0.25) is 0 Å². The molecule has 5 heteroatoms. The lowest BCUT2D eigenvalue weighted by Gasteiger charge is -2.09. The van der Waals surface area contributed by atoms with Crippen LogP contribution < -0.4 is 10.6 Å². The molecule has 2 aromatic heterocycles. The lowest BCUT2D eigenvalue weighted by atomic mass is 10.1. The molecule has 0 saturated carbocycles. The summed E-state index contributed by atoms with van der Waals surface area (Å²) < 4.78 is 0. The van der Waals surface area contributed by atoms with E-state index < -0.39 is 0 Å². The van der Waals surface area contributed by atoms with Crippen LogP contribution in [-0.2, 0) is 13.1 Å². The molecule has 0 aliphatic carbocycles. The largest absolute Gasteiger partial charge is 0.366 e. The number of hydrogen-bond acceptors (Lipinski definition) is 5. The maximum absolute atomic E-state index is 4.28. The number of nitrogens with zero attached hydrogens (tertiary/aromatic N) is 3. The second kappa shape index (κ2) is 7.35. The standard InChI is InChI=1S/C18H19N5/c1-14-5-7-15(8-6-14)11-20-17-10-18(23-13-22-17)21-12-16-4-2-3-9-19-16/h2-10,13H,11-12H2,1H3,(H2,20,21,22,23). The Hall–Kier alpha value is -2.95. The maximum atomic E-state index is 4.28. The number of hydrogen-bond donors (Lipinski definition) is 2. The SMILES string of the molecule is Cc1ccc(CNc2cc(NCc3ccccn3)ncn2)cc1. The van der Waals surface area contributed by atoms with Crippen LogP contribution in [0, 0.1) is 6.92 Å². The number of nitrogens with one attached hydrogen (secondary N) is 2. The Morgan fingerprint density at radius 2 is 1.57 bits per heavy atom. The highest BCUT2D eigenvalue weighted by Crippen LogP contribution is 2.11. The summed E-state index contributed by atoms with van der Waals surface area (Å²) in [6.45, 7) is 3.45. The van der Waals surface area contributed by atoms with Crippen LogP contribution in [0.15, 0.2) is 61.1 Å². The molecule has 23 heavy (non-hydrogen) atoms. The van der Waals surface area contributed by atoms with Gasteiger partial charge in [-0.3, -0.25) is 4.98 Å². The smallest absolute Gasteiger partial charge is 0.131 e. The minimum absolute atomic E-state index is 0.634. The predicted octanol–water partition coefficient (Wildman–Crippen LogP) is 3.40. The lowest BCUT2D eigenvalue weighted by molar-refractivity contribution is 1.01. The van der Waals surface area contributed by atoms with E-state index in [0.29, 0.717) is 6.54 Å². The van der Waals surface area contributed by atoms with Crippen molar-refractivity contribution in [3.63, 3.8) is 0 Å². The van der Waals surface area contributed by atoms with Crippen molar-refractivity contribution < 1.29 is 0 Å². The molecule has 3 aromatic rings. The minimum atomic E-state index is 0.634. The van der Waals surface area contributed by atoms with Crippen LogP contribution in [0.3, 0.4) is 0 Å². The monoisotopic (exact) mass is 305 g/mol. The summed E-state index contributed by atoms with van der Waals surface area (Å²) in [6, 6.07) is 16.2. The summed E-state index contributed by atoms with van der Waals surface area (Å²) in [5.74, 6) is 1.57. The zero-order valence-corrected chi connectivity index (χ0v) is 13.0. The van der Waals surface area contributed by atoms with Gasteiger partial charge in [-0.05, 0) is 24.6 Å². The molecule has 116 valence electrons. The van der Waals surface area contributed by atoms with Crippen molar-refractivity contribution in [1.29, 1.82) is 0 Å². The Balaban J connectivity index is 1.57. The highest BCUT2D eigenvalue weighted by molar-refractivity contribution is 5.46. The topological polar surface area (TPSA) is 62.7 Å². The van der Waals surface area contributed by atoms with Gasteiger partial charge in [-0.25, -0.2) is 9.97 Å². The van der Waals surface area contributed by atoms with Gasteiger partial charge in [0.15, 0.2) is 0 Å². The highest BCUT2D eigenvalue weighted by atomic mass is 15.1. The van der Waals surface area contributed by atoms with E-state index in [0.717, 1.165) is 23.9 Å². The van der Waals surface area contributed by atoms with Crippen LogP contribution in [-0.4, -0.2) is 15.0 Å². The van der Waals surface area contributed by atoms with Gasteiger partial charge in [-0.2, -0.15) is 0 Å². The molecule has 0 amide bonds. The molecule has 2 N–H and O–H groups in total. The molecular weight excluding hydrogens is 286 g/mol. The van der Waals surface area contributed by atoms with Crippen molar-refractivity contribution in [3.8, 4) is 0 Å². The maximum Gasteiger partial charge on any atom is 0.131 e. The fourth-order valence-electron chi connectivity index (χ4n) is 2.13. The number of benzene rings is 1. The van der Waals surface area contributed by atoms with Crippen molar-refractivity contribution in [2.75, 3.05) is 10.6 Å². The third-order valence-corrected chi connectivity index (χ3v) is 3.44. The van der Waals surface area contributed by atoms with Crippen LogP contribution in [0.4, 0.5) is 11.6 Å². The first-order chi connectivity index (χ1) is 11.3. The molecule has 0 aliphatic rings. The van der Waals surface area contributed by atoms with E-state index in [2.05, 4.69) is 56.8 Å². The fourth-order valence-corrected chi connectivity index (χ4v) is 2.13. The van der Waals surface area contributed by atoms with E-state index in [1.54, 1.807) is 12.5 Å². The summed E-state index contributed by atoms with van der Waals surface area (Å²) >= 11 is 0. The Morgan fingerprint density at radius 1 is 0.826 bits per heavy atom. The van der Waals surface area contributed by atoms with Crippen molar-refractivity contribution in [2.24, 2.45) is 0 Å². The van der Waals surface area contributed by atoms with Gasteiger partial charge < -0.3 is 10.6 Å². The van der Waals surface area contributed by atoms with E-state index >= 15 is 0 Å². The molecule has 2 heterocycles. The van der Waals surface area contributed by atoms with Crippen molar-refractivity contribution >= 4 is 11.6 Å². The van der Waals surface area contributed by atoms with E-state index in [-0.39, 0.29) is 0 Å². The average molecular weight is 305 g/mol. The Kier molecular flexibility index (Phi) is 4.79. The Labute approximate surface area is 135 Å². The zero-order chi connectivity index (χ0) is 15.9. The molecule has 0 fully saturated rings. The van der Waals surface area contributed by atoms with Crippen LogP contribution >= 0.6 is 0 Å². The first kappa shape index (κ1) is 15.0. The first-order valence-corrected chi connectivity index (χ1v) is 7.55. The number of pyridine rings is 1. The van der Waals surface area contributed by atoms with Gasteiger partial charge >= 0.3 is 0 Å².